The molecule has 18 heavy (non-hydrogen) atoms. The first kappa shape index (κ1) is 13.1. The van der Waals surface area contributed by atoms with Crippen LogP contribution < -0.4 is 5.32 Å². The lowest BCUT2D eigenvalue weighted by molar-refractivity contribution is 0.670. The minimum absolute atomic E-state index is 0.0435. The molecule has 0 radical (unpaired) electrons. The third-order valence-corrected chi connectivity index (χ3v) is 3.32. The zero-order valence-corrected chi connectivity index (χ0v) is 11.1. The second-order valence-electron chi connectivity index (χ2n) is 4.32. The van der Waals surface area contributed by atoms with Crippen LogP contribution in [0, 0.1) is 0 Å². The summed E-state index contributed by atoms with van der Waals surface area (Å²) >= 11 is 6.33. The highest BCUT2D eigenvalue weighted by atomic mass is 35.5. The van der Waals surface area contributed by atoms with E-state index in [2.05, 4.69) is 41.7 Å². The van der Waals surface area contributed by atoms with E-state index in [1.54, 1.807) is 0 Å². The van der Waals surface area contributed by atoms with Crippen LogP contribution in [0.25, 0.3) is 0 Å². The fourth-order valence-electron chi connectivity index (χ4n) is 1.89. The monoisotopic (exact) mass is 259 g/mol. The maximum atomic E-state index is 6.33. The van der Waals surface area contributed by atoms with Gasteiger partial charge in [-0.15, -0.1) is 11.6 Å². The van der Waals surface area contributed by atoms with E-state index in [0.29, 0.717) is 0 Å². The van der Waals surface area contributed by atoms with Gasteiger partial charge in [-0.05, 0) is 24.1 Å². The lowest BCUT2D eigenvalue weighted by Gasteiger charge is -2.11. The molecule has 0 aliphatic rings. The Morgan fingerprint density at radius 2 is 1.50 bits per heavy atom. The van der Waals surface area contributed by atoms with Gasteiger partial charge in [-0.2, -0.15) is 0 Å². The maximum absolute atomic E-state index is 6.33. The molecule has 0 aliphatic carbocycles. The van der Waals surface area contributed by atoms with Gasteiger partial charge in [-0.1, -0.05) is 60.7 Å². The van der Waals surface area contributed by atoms with Crippen molar-refractivity contribution in [2.45, 2.75) is 11.8 Å². The number of benzene rings is 2. The standard InChI is InChI=1S/C16H18ClN/c17-16(15-9-5-2-6-10-15)13-18-12-11-14-7-3-1-4-8-14/h1-10,16,18H,11-13H2. The molecule has 1 N–H and O–H groups in total. The second kappa shape index (κ2) is 7.20. The van der Waals surface area contributed by atoms with Crippen molar-refractivity contribution in [3.05, 3.63) is 71.8 Å². The Labute approximate surface area is 114 Å². The minimum atomic E-state index is 0.0435. The van der Waals surface area contributed by atoms with Gasteiger partial charge in [0, 0.05) is 6.54 Å². The molecule has 0 aliphatic heterocycles. The van der Waals surface area contributed by atoms with Crippen LogP contribution in [0.3, 0.4) is 0 Å². The van der Waals surface area contributed by atoms with Crippen LogP contribution in [-0.2, 0) is 6.42 Å². The highest BCUT2D eigenvalue weighted by molar-refractivity contribution is 6.21. The molecule has 0 bridgehead atoms. The summed E-state index contributed by atoms with van der Waals surface area (Å²) in [5, 5.41) is 3.44. The van der Waals surface area contributed by atoms with E-state index >= 15 is 0 Å². The summed E-state index contributed by atoms with van der Waals surface area (Å²) in [5.74, 6) is 0. The topological polar surface area (TPSA) is 12.0 Å². The van der Waals surface area contributed by atoms with E-state index < -0.39 is 0 Å². The van der Waals surface area contributed by atoms with Crippen LogP contribution >= 0.6 is 11.6 Å². The molecule has 0 heterocycles. The van der Waals surface area contributed by atoms with Gasteiger partial charge in [0.15, 0.2) is 0 Å². The number of alkyl halides is 1. The van der Waals surface area contributed by atoms with Gasteiger partial charge in [0.25, 0.3) is 0 Å². The van der Waals surface area contributed by atoms with Crippen LogP contribution in [0.4, 0.5) is 0 Å². The number of nitrogens with one attached hydrogen (secondary N) is 1. The van der Waals surface area contributed by atoms with Gasteiger partial charge in [0.1, 0.15) is 0 Å². The molecule has 1 nitrogen and oxygen atoms in total. The molecular weight excluding hydrogens is 242 g/mol. The first-order chi connectivity index (χ1) is 8.86. The van der Waals surface area contributed by atoms with Crippen LogP contribution in [0.15, 0.2) is 60.7 Å². The van der Waals surface area contributed by atoms with Crippen molar-refractivity contribution in [3.8, 4) is 0 Å². The Hall–Kier alpha value is -1.31. The van der Waals surface area contributed by atoms with Crippen molar-refractivity contribution in [3.63, 3.8) is 0 Å². The Morgan fingerprint density at radius 3 is 2.17 bits per heavy atom. The van der Waals surface area contributed by atoms with Crippen molar-refractivity contribution < 1.29 is 0 Å². The summed E-state index contributed by atoms with van der Waals surface area (Å²) in [5.41, 5.74) is 2.53. The van der Waals surface area contributed by atoms with Crippen LogP contribution in [0.2, 0.25) is 0 Å². The fourth-order valence-corrected chi connectivity index (χ4v) is 2.14. The second-order valence-corrected chi connectivity index (χ2v) is 4.84. The van der Waals surface area contributed by atoms with E-state index in [9.17, 15) is 0 Å². The first-order valence-electron chi connectivity index (χ1n) is 6.30. The summed E-state index contributed by atoms with van der Waals surface area (Å²) in [7, 11) is 0. The third-order valence-electron chi connectivity index (χ3n) is 2.92. The van der Waals surface area contributed by atoms with E-state index in [-0.39, 0.29) is 5.38 Å². The Bertz CT molecular complexity index is 441. The Morgan fingerprint density at radius 1 is 0.889 bits per heavy atom. The van der Waals surface area contributed by atoms with Gasteiger partial charge in [0.05, 0.1) is 5.38 Å². The van der Waals surface area contributed by atoms with E-state index in [1.165, 1.54) is 11.1 Å². The molecule has 0 fully saturated rings. The molecule has 0 amide bonds. The molecule has 1 unspecified atom stereocenters. The predicted octanol–water partition coefficient (Wildman–Crippen LogP) is 3.80. The summed E-state index contributed by atoms with van der Waals surface area (Å²) in [6, 6.07) is 20.7. The van der Waals surface area contributed by atoms with Crippen molar-refractivity contribution >= 4 is 11.6 Å². The van der Waals surface area contributed by atoms with Crippen molar-refractivity contribution in [1.29, 1.82) is 0 Å². The number of rotatable bonds is 6. The summed E-state index contributed by atoms with van der Waals surface area (Å²) in [6.45, 7) is 1.76. The van der Waals surface area contributed by atoms with E-state index in [0.717, 1.165) is 19.5 Å². The Balaban J connectivity index is 1.70. The molecule has 0 aromatic heterocycles. The number of halogens is 1. The molecule has 2 aromatic rings. The van der Waals surface area contributed by atoms with E-state index in [1.807, 2.05) is 24.3 Å². The van der Waals surface area contributed by atoms with Crippen molar-refractivity contribution in [2.24, 2.45) is 0 Å². The van der Waals surface area contributed by atoms with Gasteiger partial charge in [-0.3, -0.25) is 0 Å². The lowest BCUT2D eigenvalue weighted by Crippen LogP contribution is -2.21. The largest absolute Gasteiger partial charge is 0.315 e. The highest BCUT2D eigenvalue weighted by Crippen LogP contribution is 2.18. The average Bonchev–Trinajstić information content (AvgIpc) is 2.45. The average molecular weight is 260 g/mol. The molecule has 2 heteroatoms. The van der Waals surface area contributed by atoms with Crippen molar-refractivity contribution in [1.82, 2.24) is 5.32 Å². The molecule has 1 atom stereocenters. The third kappa shape index (κ3) is 4.17. The SMILES string of the molecule is ClC(CNCCc1ccccc1)c1ccccc1. The first-order valence-corrected chi connectivity index (χ1v) is 6.73. The zero-order chi connectivity index (χ0) is 12.6. The summed E-state index contributed by atoms with van der Waals surface area (Å²) < 4.78 is 0. The quantitative estimate of drug-likeness (QED) is 0.615. The zero-order valence-electron chi connectivity index (χ0n) is 10.4. The van der Waals surface area contributed by atoms with Gasteiger partial charge in [0.2, 0.25) is 0 Å². The molecule has 94 valence electrons. The van der Waals surface area contributed by atoms with E-state index in [4.69, 9.17) is 11.6 Å². The number of hydrogen-bond donors (Lipinski definition) is 1. The van der Waals surface area contributed by atoms with Crippen LogP contribution in [-0.4, -0.2) is 13.1 Å². The van der Waals surface area contributed by atoms with Gasteiger partial charge < -0.3 is 5.32 Å². The van der Waals surface area contributed by atoms with Crippen LogP contribution in [0.5, 0.6) is 0 Å². The number of hydrogen-bond acceptors (Lipinski definition) is 1. The lowest BCUT2D eigenvalue weighted by atomic mass is 10.1. The van der Waals surface area contributed by atoms with Crippen molar-refractivity contribution in [2.75, 3.05) is 13.1 Å². The molecule has 0 spiro atoms. The molecular formula is C16H18ClN. The van der Waals surface area contributed by atoms with Gasteiger partial charge >= 0.3 is 0 Å². The fraction of sp³-hybridized carbons (Fsp3) is 0.250. The Kier molecular flexibility index (Phi) is 5.25. The summed E-state index contributed by atoms with van der Waals surface area (Å²) in [4.78, 5) is 0. The molecule has 0 saturated carbocycles. The normalized spacial score (nSPS) is 12.3. The summed E-state index contributed by atoms with van der Waals surface area (Å²) in [6.07, 6.45) is 1.04. The molecule has 2 aromatic carbocycles. The highest BCUT2D eigenvalue weighted by Gasteiger charge is 2.05. The predicted molar refractivity (Wildman–Crippen MR) is 78.1 cm³/mol. The molecule has 0 saturated heterocycles. The minimum Gasteiger partial charge on any atom is -0.315 e. The smallest absolute Gasteiger partial charge is 0.0709 e. The van der Waals surface area contributed by atoms with Crippen LogP contribution in [0.1, 0.15) is 16.5 Å². The maximum Gasteiger partial charge on any atom is 0.0709 e. The molecule has 2 rings (SSSR count). The van der Waals surface area contributed by atoms with Gasteiger partial charge in [-0.25, -0.2) is 0 Å².